The van der Waals surface area contributed by atoms with E-state index in [2.05, 4.69) is 10.3 Å². The SMILES string of the molecule is Cc1[nH]cc(NC(=O)CS(C)(=O)=O)c1C(=O)O. The molecule has 1 amide bonds. The number of aromatic nitrogens is 1. The van der Waals surface area contributed by atoms with Gasteiger partial charge < -0.3 is 15.4 Å². The summed E-state index contributed by atoms with van der Waals surface area (Å²) in [5.41, 5.74) is 0.364. The number of carboxylic acid groups (broad SMARTS) is 1. The fourth-order valence-corrected chi connectivity index (χ4v) is 1.87. The van der Waals surface area contributed by atoms with E-state index in [1.165, 1.54) is 13.1 Å². The van der Waals surface area contributed by atoms with Crippen LogP contribution >= 0.6 is 0 Å². The summed E-state index contributed by atoms with van der Waals surface area (Å²) in [5, 5.41) is 11.1. The second-order valence-electron chi connectivity index (χ2n) is 3.63. The minimum absolute atomic E-state index is 0.0589. The Morgan fingerprint density at radius 1 is 1.47 bits per heavy atom. The van der Waals surface area contributed by atoms with Crippen LogP contribution in [0.1, 0.15) is 16.1 Å². The van der Waals surface area contributed by atoms with Crippen molar-refractivity contribution in [2.75, 3.05) is 17.3 Å². The predicted octanol–water partition coefficient (Wildman–Crippen LogP) is 0.00442. The third-order valence-corrected chi connectivity index (χ3v) is 2.75. The van der Waals surface area contributed by atoms with Crippen molar-refractivity contribution in [2.24, 2.45) is 0 Å². The van der Waals surface area contributed by atoms with E-state index in [0.29, 0.717) is 5.69 Å². The molecule has 0 aliphatic rings. The minimum Gasteiger partial charge on any atom is -0.478 e. The lowest BCUT2D eigenvalue weighted by molar-refractivity contribution is -0.113. The number of hydrogen-bond acceptors (Lipinski definition) is 4. The van der Waals surface area contributed by atoms with Crippen LogP contribution in [0.3, 0.4) is 0 Å². The number of rotatable bonds is 4. The molecule has 0 atom stereocenters. The first-order valence-electron chi connectivity index (χ1n) is 4.59. The average molecular weight is 260 g/mol. The van der Waals surface area contributed by atoms with Gasteiger partial charge in [-0.05, 0) is 6.92 Å². The molecule has 0 saturated heterocycles. The fraction of sp³-hybridized carbons (Fsp3) is 0.333. The molecule has 1 aromatic heterocycles. The number of carbonyl (C=O) groups excluding carboxylic acids is 1. The zero-order valence-corrected chi connectivity index (χ0v) is 10.1. The Bertz CT molecular complexity index is 558. The third kappa shape index (κ3) is 3.59. The Morgan fingerprint density at radius 2 is 2.06 bits per heavy atom. The van der Waals surface area contributed by atoms with Gasteiger partial charge in [0.1, 0.15) is 11.3 Å². The number of aromatic amines is 1. The second-order valence-corrected chi connectivity index (χ2v) is 5.77. The number of sulfone groups is 1. The van der Waals surface area contributed by atoms with Gasteiger partial charge in [0.2, 0.25) is 5.91 Å². The second kappa shape index (κ2) is 4.58. The average Bonchev–Trinajstić information content (AvgIpc) is 2.42. The monoisotopic (exact) mass is 260 g/mol. The Balaban J connectivity index is 2.90. The van der Waals surface area contributed by atoms with Crippen LogP contribution in [0, 0.1) is 6.92 Å². The van der Waals surface area contributed by atoms with E-state index in [0.717, 1.165) is 6.26 Å². The lowest BCUT2D eigenvalue weighted by Gasteiger charge is -2.03. The summed E-state index contributed by atoms with van der Waals surface area (Å²) in [6, 6.07) is 0. The van der Waals surface area contributed by atoms with Crippen molar-refractivity contribution in [3.8, 4) is 0 Å². The summed E-state index contributed by atoms with van der Waals surface area (Å²) in [4.78, 5) is 24.8. The van der Waals surface area contributed by atoms with Gasteiger partial charge in [-0.15, -0.1) is 0 Å². The van der Waals surface area contributed by atoms with Crippen molar-refractivity contribution >= 4 is 27.4 Å². The van der Waals surface area contributed by atoms with Gasteiger partial charge in [-0.3, -0.25) is 4.79 Å². The van der Waals surface area contributed by atoms with E-state index in [1.54, 1.807) is 0 Å². The smallest absolute Gasteiger partial charge is 0.339 e. The van der Waals surface area contributed by atoms with Crippen molar-refractivity contribution < 1.29 is 23.1 Å². The normalized spacial score (nSPS) is 11.2. The number of aryl methyl sites for hydroxylation is 1. The van der Waals surface area contributed by atoms with Crippen LogP contribution in [-0.4, -0.2) is 42.4 Å². The van der Waals surface area contributed by atoms with E-state index >= 15 is 0 Å². The van der Waals surface area contributed by atoms with E-state index in [1.807, 2.05) is 0 Å². The topological polar surface area (TPSA) is 116 Å². The molecular weight excluding hydrogens is 248 g/mol. The molecule has 94 valence electrons. The molecule has 0 aliphatic heterocycles. The number of carbonyl (C=O) groups is 2. The highest BCUT2D eigenvalue weighted by Crippen LogP contribution is 2.18. The molecule has 0 unspecified atom stereocenters. The first-order valence-corrected chi connectivity index (χ1v) is 6.65. The first-order chi connectivity index (χ1) is 7.70. The Morgan fingerprint density at radius 3 is 2.53 bits per heavy atom. The van der Waals surface area contributed by atoms with Gasteiger partial charge in [-0.1, -0.05) is 0 Å². The Hall–Kier alpha value is -1.83. The molecule has 17 heavy (non-hydrogen) atoms. The van der Waals surface area contributed by atoms with Crippen molar-refractivity contribution in [1.29, 1.82) is 0 Å². The van der Waals surface area contributed by atoms with Crippen LogP contribution in [0.2, 0.25) is 0 Å². The summed E-state index contributed by atoms with van der Waals surface area (Å²) in [6.07, 6.45) is 2.23. The molecular formula is C9H12N2O5S. The Labute approximate surface area is 97.8 Å². The molecule has 3 N–H and O–H groups in total. The largest absolute Gasteiger partial charge is 0.478 e. The Kier molecular flexibility index (Phi) is 3.56. The predicted molar refractivity (Wildman–Crippen MR) is 60.8 cm³/mol. The van der Waals surface area contributed by atoms with Gasteiger partial charge in [0, 0.05) is 18.1 Å². The fourth-order valence-electron chi connectivity index (χ4n) is 1.33. The molecule has 1 heterocycles. The van der Waals surface area contributed by atoms with Crippen molar-refractivity contribution in [2.45, 2.75) is 6.92 Å². The maximum atomic E-state index is 11.3. The highest BCUT2D eigenvalue weighted by Gasteiger charge is 2.18. The van der Waals surface area contributed by atoms with E-state index in [4.69, 9.17) is 5.11 Å². The van der Waals surface area contributed by atoms with E-state index in [9.17, 15) is 18.0 Å². The molecule has 0 saturated carbocycles. The maximum Gasteiger partial charge on any atom is 0.339 e. The van der Waals surface area contributed by atoms with Gasteiger partial charge in [0.05, 0.1) is 5.69 Å². The lowest BCUT2D eigenvalue weighted by atomic mass is 10.2. The quantitative estimate of drug-likeness (QED) is 0.704. The number of carboxylic acids is 1. The molecule has 0 spiro atoms. The van der Waals surface area contributed by atoms with Crippen LogP contribution in [-0.2, 0) is 14.6 Å². The van der Waals surface area contributed by atoms with Crippen LogP contribution in [0.15, 0.2) is 6.20 Å². The third-order valence-electron chi connectivity index (χ3n) is 1.96. The molecule has 0 bridgehead atoms. The van der Waals surface area contributed by atoms with E-state index < -0.39 is 27.5 Å². The first kappa shape index (κ1) is 13.2. The number of hydrogen-bond donors (Lipinski definition) is 3. The van der Waals surface area contributed by atoms with Crippen LogP contribution in [0.25, 0.3) is 0 Å². The van der Waals surface area contributed by atoms with Gasteiger partial charge in [0.25, 0.3) is 0 Å². The molecule has 0 aliphatic carbocycles. The highest BCUT2D eigenvalue weighted by molar-refractivity contribution is 7.91. The summed E-state index contributed by atoms with van der Waals surface area (Å²) >= 11 is 0. The molecule has 0 fully saturated rings. The van der Waals surface area contributed by atoms with Gasteiger partial charge in [0.15, 0.2) is 9.84 Å². The van der Waals surface area contributed by atoms with Crippen molar-refractivity contribution in [3.05, 3.63) is 17.5 Å². The van der Waals surface area contributed by atoms with Gasteiger partial charge in [-0.25, -0.2) is 13.2 Å². The zero-order valence-electron chi connectivity index (χ0n) is 9.27. The summed E-state index contributed by atoms with van der Waals surface area (Å²) in [6.45, 7) is 1.54. The minimum atomic E-state index is -3.44. The zero-order chi connectivity index (χ0) is 13.2. The van der Waals surface area contributed by atoms with Crippen LogP contribution in [0.5, 0.6) is 0 Å². The number of aromatic carboxylic acids is 1. The van der Waals surface area contributed by atoms with E-state index in [-0.39, 0.29) is 11.3 Å². The molecule has 1 rings (SSSR count). The maximum absolute atomic E-state index is 11.3. The van der Waals surface area contributed by atoms with Crippen LogP contribution < -0.4 is 5.32 Å². The van der Waals surface area contributed by atoms with Crippen molar-refractivity contribution in [3.63, 3.8) is 0 Å². The van der Waals surface area contributed by atoms with Gasteiger partial charge in [-0.2, -0.15) is 0 Å². The summed E-state index contributed by atoms with van der Waals surface area (Å²) < 4.78 is 21.7. The number of nitrogens with one attached hydrogen (secondary N) is 2. The van der Waals surface area contributed by atoms with Gasteiger partial charge >= 0.3 is 5.97 Å². The number of H-pyrrole nitrogens is 1. The molecule has 0 aromatic carbocycles. The number of amides is 1. The number of anilines is 1. The molecule has 1 aromatic rings. The molecule has 0 radical (unpaired) electrons. The van der Waals surface area contributed by atoms with Crippen LogP contribution in [0.4, 0.5) is 5.69 Å². The summed E-state index contributed by atoms with van der Waals surface area (Å²) in [5.74, 6) is -2.65. The molecule has 8 heteroatoms. The summed E-state index contributed by atoms with van der Waals surface area (Å²) in [7, 11) is -3.44. The standard InChI is InChI=1S/C9H12N2O5S/c1-5-8(9(13)14)6(3-10-5)11-7(12)4-17(2,15)16/h3,10H,4H2,1-2H3,(H,11,12)(H,13,14). The van der Waals surface area contributed by atoms with Crippen molar-refractivity contribution in [1.82, 2.24) is 4.98 Å². The highest BCUT2D eigenvalue weighted by atomic mass is 32.2. The lowest BCUT2D eigenvalue weighted by Crippen LogP contribution is -2.22. The molecule has 7 nitrogen and oxygen atoms in total.